The van der Waals surface area contributed by atoms with Crippen LogP contribution in [0.15, 0.2) is 75.8 Å². The molecule has 3 aromatic rings. The maximum atomic E-state index is 12.2. The lowest BCUT2D eigenvalue weighted by molar-refractivity contribution is -0.116. The van der Waals surface area contributed by atoms with Gasteiger partial charge in [0, 0.05) is 12.1 Å². The van der Waals surface area contributed by atoms with Crippen molar-refractivity contribution in [2.24, 2.45) is 0 Å². The molecule has 0 bridgehead atoms. The Morgan fingerprint density at radius 2 is 1.93 bits per heavy atom. The minimum Gasteiger partial charge on any atom is -0.492 e. The summed E-state index contributed by atoms with van der Waals surface area (Å²) in [6.45, 7) is 1.35. The summed E-state index contributed by atoms with van der Waals surface area (Å²) in [5.74, 6) is 1.53. The average Bonchev–Trinajstić information content (AvgIpc) is 3.20. The van der Waals surface area contributed by atoms with Crippen LogP contribution in [0, 0.1) is 0 Å². The zero-order valence-electron chi connectivity index (χ0n) is 15.4. The van der Waals surface area contributed by atoms with Crippen LogP contribution in [0.3, 0.4) is 0 Å². The van der Waals surface area contributed by atoms with Crippen molar-refractivity contribution in [3.63, 3.8) is 0 Å². The number of amides is 1. The van der Waals surface area contributed by atoms with E-state index < -0.39 is 0 Å². The van der Waals surface area contributed by atoms with Crippen molar-refractivity contribution in [1.82, 2.24) is 0 Å². The smallest absolute Gasteiger partial charge is 0.224 e. The number of furan rings is 1. The van der Waals surface area contributed by atoms with E-state index in [4.69, 9.17) is 13.9 Å². The number of hydrogen-bond donors (Lipinski definition) is 1. The van der Waals surface area contributed by atoms with Gasteiger partial charge in [-0.3, -0.25) is 4.79 Å². The number of halogens is 1. The quantitative estimate of drug-likeness (QED) is 0.416. The molecule has 1 amide bonds. The highest BCUT2D eigenvalue weighted by atomic mass is 79.9. The van der Waals surface area contributed by atoms with E-state index in [1.807, 2.05) is 60.7 Å². The highest BCUT2D eigenvalue weighted by Gasteiger charge is 2.05. The Balaban J connectivity index is 1.38. The molecule has 0 saturated heterocycles. The van der Waals surface area contributed by atoms with Crippen molar-refractivity contribution in [3.8, 4) is 5.75 Å². The van der Waals surface area contributed by atoms with Gasteiger partial charge in [0.25, 0.3) is 0 Å². The topological polar surface area (TPSA) is 60.7 Å². The molecule has 1 aromatic heterocycles. The molecule has 0 fully saturated rings. The lowest BCUT2D eigenvalue weighted by Crippen LogP contribution is -2.13. The minimum absolute atomic E-state index is 0.0376. The van der Waals surface area contributed by atoms with Gasteiger partial charge in [-0.1, -0.05) is 24.3 Å². The van der Waals surface area contributed by atoms with Crippen LogP contribution in [0.2, 0.25) is 0 Å². The lowest BCUT2D eigenvalue weighted by atomic mass is 10.2. The maximum absolute atomic E-state index is 12.2. The molecule has 0 spiro atoms. The molecular weight excluding hydrogens is 422 g/mol. The average molecular weight is 444 g/mol. The fourth-order valence-electron chi connectivity index (χ4n) is 2.60. The number of anilines is 1. The normalized spacial score (nSPS) is 10.6. The number of carbonyl (C=O) groups is 1. The van der Waals surface area contributed by atoms with E-state index in [0.717, 1.165) is 27.2 Å². The Morgan fingerprint density at radius 1 is 1.04 bits per heavy atom. The van der Waals surface area contributed by atoms with Crippen molar-refractivity contribution < 1.29 is 18.7 Å². The van der Waals surface area contributed by atoms with Gasteiger partial charge in [-0.2, -0.15) is 0 Å². The Hall–Kier alpha value is -2.57. The van der Waals surface area contributed by atoms with Crippen molar-refractivity contribution in [2.45, 2.75) is 26.1 Å². The Morgan fingerprint density at radius 3 is 2.75 bits per heavy atom. The zero-order valence-corrected chi connectivity index (χ0v) is 17.0. The largest absolute Gasteiger partial charge is 0.492 e. The summed E-state index contributed by atoms with van der Waals surface area (Å²) in [5, 5.41) is 2.92. The minimum atomic E-state index is -0.0376. The molecule has 3 rings (SSSR count). The van der Waals surface area contributed by atoms with Crippen LogP contribution in [-0.4, -0.2) is 12.5 Å². The van der Waals surface area contributed by atoms with Gasteiger partial charge in [0.15, 0.2) is 0 Å². The van der Waals surface area contributed by atoms with Gasteiger partial charge in [0.1, 0.15) is 18.1 Å². The van der Waals surface area contributed by atoms with Gasteiger partial charge in [0.05, 0.1) is 23.9 Å². The Kier molecular flexibility index (Phi) is 7.70. The molecule has 0 unspecified atom stereocenters. The molecule has 5 nitrogen and oxygen atoms in total. The third kappa shape index (κ3) is 6.55. The summed E-state index contributed by atoms with van der Waals surface area (Å²) in [6.07, 6.45) is 2.65. The van der Waals surface area contributed by atoms with Crippen molar-refractivity contribution in [1.29, 1.82) is 0 Å². The Bertz CT molecular complexity index is 880. The summed E-state index contributed by atoms with van der Waals surface area (Å²) >= 11 is 3.44. The first kappa shape index (κ1) is 20.2. The van der Waals surface area contributed by atoms with Crippen LogP contribution in [-0.2, 0) is 22.7 Å². The molecule has 6 heteroatoms. The Labute approximate surface area is 172 Å². The van der Waals surface area contributed by atoms with E-state index in [1.165, 1.54) is 0 Å². The van der Waals surface area contributed by atoms with Gasteiger partial charge >= 0.3 is 0 Å². The third-order valence-corrected chi connectivity index (χ3v) is 4.60. The molecule has 0 aliphatic carbocycles. The number of carbonyl (C=O) groups excluding carboxylic acids is 1. The van der Waals surface area contributed by atoms with Gasteiger partial charge in [-0.25, -0.2) is 0 Å². The number of ether oxygens (including phenoxy) is 2. The predicted molar refractivity (Wildman–Crippen MR) is 111 cm³/mol. The monoisotopic (exact) mass is 443 g/mol. The third-order valence-electron chi connectivity index (χ3n) is 3.95. The van der Waals surface area contributed by atoms with Crippen molar-refractivity contribution >= 4 is 27.5 Å². The standard InChI is InChI=1S/C22H22BrNO4/c23-20-9-1-2-10-21(20)28-13-5-11-22(25)24-18-7-3-6-17(14-18)15-26-16-19-8-4-12-27-19/h1-4,6-10,12,14H,5,11,13,15-16H2,(H,24,25). The van der Waals surface area contributed by atoms with Crippen LogP contribution < -0.4 is 10.1 Å². The molecule has 0 aliphatic heterocycles. The van der Waals surface area contributed by atoms with E-state index in [0.29, 0.717) is 32.7 Å². The van der Waals surface area contributed by atoms with Crippen molar-refractivity contribution in [2.75, 3.05) is 11.9 Å². The van der Waals surface area contributed by atoms with E-state index >= 15 is 0 Å². The molecule has 0 atom stereocenters. The second kappa shape index (κ2) is 10.7. The summed E-state index contributed by atoms with van der Waals surface area (Å²) in [4.78, 5) is 12.2. The second-order valence-electron chi connectivity index (χ2n) is 6.20. The fourth-order valence-corrected chi connectivity index (χ4v) is 3.00. The van der Waals surface area contributed by atoms with E-state index in [-0.39, 0.29) is 5.91 Å². The highest BCUT2D eigenvalue weighted by molar-refractivity contribution is 9.10. The SMILES string of the molecule is O=C(CCCOc1ccccc1Br)Nc1cccc(COCc2ccco2)c1. The molecular formula is C22H22BrNO4. The van der Waals surface area contributed by atoms with Crippen molar-refractivity contribution in [3.05, 3.63) is 82.7 Å². The lowest BCUT2D eigenvalue weighted by Gasteiger charge is -2.09. The molecule has 1 heterocycles. The summed E-state index contributed by atoms with van der Waals surface area (Å²) in [7, 11) is 0. The number of benzene rings is 2. The van der Waals surface area contributed by atoms with Gasteiger partial charge in [0.2, 0.25) is 5.91 Å². The molecule has 28 heavy (non-hydrogen) atoms. The summed E-state index contributed by atoms with van der Waals surface area (Å²) in [6, 6.07) is 19.0. The van der Waals surface area contributed by atoms with E-state index in [1.54, 1.807) is 6.26 Å². The summed E-state index contributed by atoms with van der Waals surface area (Å²) in [5.41, 5.74) is 1.75. The van der Waals surface area contributed by atoms with Crippen LogP contribution >= 0.6 is 15.9 Å². The molecule has 146 valence electrons. The van der Waals surface area contributed by atoms with Crippen LogP contribution in [0.1, 0.15) is 24.2 Å². The first-order valence-corrected chi connectivity index (χ1v) is 9.86. The van der Waals surface area contributed by atoms with Crippen LogP contribution in [0.5, 0.6) is 5.75 Å². The fraction of sp³-hybridized carbons (Fsp3) is 0.227. The summed E-state index contributed by atoms with van der Waals surface area (Å²) < 4.78 is 17.5. The predicted octanol–water partition coefficient (Wildman–Crippen LogP) is 5.56. The molecule has 0 aliphatic rings. The van der Waals surface area contributed by atoms with E-state index in [9.17, 15) is 4.79 Å². The molecule has 0 radical (unpaired) electrons. The van der Waals surface area contributed by atoms with Gasteiger partial charge in [-0.15, -0.1) is 0 Å². The van der Waals surface area contributed by atoms with Crippen LogP contribution in [0.25, 0.3) is 0 Å². The highest BCUT2D eigenvalue weighted by Crippen LogP contribution is 2.23. The number of hydrogen-bond acceptors (Lipinski definition) is 4. The zero-order chi connectivity index (χ0) is 19.6. The van der Waals surface area contributed by atoms with E-state index in [2.05, 4.69) is 21.2 Å². The van der Waals surface area contributed by atoms with Gasteiger partial charge < -0.3 is 19.2 Å². The maximum Gasteiger partial charge on any atom is 0.224 e. The number of rotatable bonds is 10. The van der Waals surface area contributed by atoms with Crippen LogP contribution in [0.4, 0.5) is 5.69 Å². The van der Waals surface area contributed by atoms with Gasteiger partial charge in [-0.05, 0) is 64.3 Å². The first-order chi connectivity index (χ1) is 13.7. The second-order valence-corrected chi connectivity index (χ2v) is 7.06. The number of para-hydroxylation sites is 1. The molecule has 1 N–H and O–H groups in total. The number of nitrogens with one attached hydrogen (secondary N) is 1. The molecule has 2 aromatic carbocycles. The molecule has 0 saturated carbocycles. The first-order valence-electron chi connectivity index (χ1n) is 9.07.